The average molecular weight is 494 g/mol. The van der Waals surface area contributed by atoms with Crippen molar-refractivity contribution in [3.63, 3.8) is 0 Å². The number of rotatable bonds is 7. The van der Waals surface area contributed by atoms with Crippen LogP contribution in [0.25, 0.3) is 5.65 Å². The number of hydrogen-bond donors (Lipinski definition) is 3. The maximum Gasteiger partial charge on any atom is 0.247 e. The van der Waals surface area contributed by atoms with Gasteiger partial charge in [-0.25, -0.2) is 4.98 Å². The van der Waals surface area contributed by atoms with Crippen molar-refractivity contribution in [3.8, 4) is 12.1 Å². The number of carbonyl (C=O) groups excluding carboxylic acids is 1. The second-order valence-electron chi connectivity index (χ2n) is 8.00. The standard InChI is InChI=1S/C22H24ClN11O/c1-3-27-20-21-28-12-15(11-25)34(21)31-22(30-20)29-16-8-14(10-24)9-17(18(16)23)33-6-4-32(5-7-33)13(2)19(26)35/h8-9,12-13H,3-7H2,1-2H3,(H2,26,35)(H2,27,29,30,31)/t13-/m0/s1. The molecule has 1 amide bonds. The van der Waals surface area contributed by atoms with Gasteiger partial charge >= 0.3 is 0 Å². The minimum Gasteiger partial charge on any atom is -0.368 e. The molecule has 4 rings (SSSR count). The first-order valence-electron chi connectivity index (χ1n) is 11.0. The molecule has 0 spiro atoms. The lowest BCUT2D eigenvalue weighted by Crippen LogP contribution is -2.53. The Morgan fingerprint density at radius 2 is 2.00 bits per heavy atom. The Bertz CT molecular complexity index is 1350. The van der Waals surface area contributed by atoms with E-state index < -0.39 is 0 Å². The monoisotopic (exact) mass is 493 g/mol. The van der Waals surface area contributed by atoms with Crippen molar-refractivity contribution >= 4 is 46.3 Å². The number of fused-ring (bicyclic) bond motifs is 1. The van der Waals surface area contributed by atoms with E-state index in [2.05, 4.69) is 42.7 Å². The number of aromatic nitrogens is 4. The maximum atomic E-state index is 11.5. The molecule has 1 fully saturated rings. The molecule has 0 saturated carbocycles. The zero-order valence-corrected chi connectivity index (χ0v) is 20.0. The molecule has 0 bridgehead atoms. The van der Waals surface area contributed by atoms with Crippen molar-refractivity contribution in [3.05, 3.63) is 34.6 Å². The quantitative estimate of drug-likeness (QED) is 0.441. The number of amides is 1. The van der Waals surface area contributed by atoms with Gasteiger partial charge in [-0.1, -0.05) is 11.6 Å². The van der Waals surface area contributed by atoms with Gasteiger partial charge in [0.2, 0.25) is 11.9 Å². The molecule has 0 aliphatic carbocycles. The van der Waals surface area contributed by atoms with Gasteiger partial charge in [0, 0.05) is 32.7 Å². The van der Waals surface area contributed by atoms with Crippen LogP contribution >= 0.6 is 11.6 Å². The van der Waals surface area contributed by atoms with Gasteiger partial charge < -0.3 is 21.3 Å². The minimum absolute atomic E-state index is 0.186. The van der Waals surface area contributed by atoms with E-state index in [9.17, 15) is 15.3 Å². The molecule has 12 nitrogen and oxygen atoms in total. The number of hydrogen-bond acceptors (Lipinski definition) is 10. The third-order valence-electron chi connectivity index (χ3n) is 5.86. The van der Waals surface area contributed by atoms with Crippen LogP contribution in [0.15, 0.2) is 18.3 Å². The molecule has 4 N–H and O–H groups in total. The number of nitrogens with zero attached hydrogens (tertiary/aromatic N) is 8. The van der Waals surface area contributed by atoms with Crippen LogP contribution in [-0.2, 0) is 4.79 Å². The molecular formula is C22H24ClN11O. The molecular weight excluding hydrogens is 470 g/mol. The Labute approximate surface area is 206 Å². The van der Waals surface area contributed by atoms with Gasteiger partial charge in [-0.15, -0.1) is 5.10 Å². The highest BCUT2D eigenvalue weighted by atomic mass is 35.5. The fourth-order valence-corrected chi connectivity index (χ4v) is 4.22. The molecule has 35 heavy (non-hydrogen) atoms. The number of nitrogens with two attached hydrogens (primary N) is 1. The first kappa shape index (κ1) is 24.0. The number of nitriles is 2. The third-order valence-corrected chi connectivity index (χ3v) is 6.26. The first-order valence-corrected chi connectivity index (χ1v) is 11.4. The average Bonchev–Trinajstić information content (AvgIpc) is 3.28. The lowest BCUT2D eigenvalue weighted by molar-refractivity contribution is -0.122. The van der Waals surface area contributed by atoms with Crippen molar-refractivity contribution in [2.24, 2.45) is 5.73 Å². The summed E-state index contributed by atoms with van der Waals surface area (Å²) >= 11 is 6.78. The summed E-state index contributed by atoms with van der Waals surface area (Å²) in [6.07, 6.45) is 1.43. The number of primary amides is 1. The molecule has 3 aromatic rings. The van der Waals surface area contributed by atoms with Crippen LogP contribution in [0.5, 0.6) is 0 Å². The van der Waals surface area contributed by atoms with Crippen LogP contribution in [0.3, 0.4) is 0 Å². The second kappa shape index (κ2) is 10.0. The molecule has 1 aliphatic heterocycles. The minimum atomic E-state index is -0.360. The van der Waals surface area contributed by atoms with Crippen LogP contribution < -0.4 is 21.3 Å². The van der Waals surface area contributed by atoms with Gasteiger partial charge in [0.25, 0.3) is 0 Å². The van der Waals surface area contributed by atoms with Crippen molar-refractivity contribution < 1.29 is 4.79 Å². The van der Waals surface area contributed by atoms with Crippen molar-refractivity contribution in [1.29, 1.82) is 10.5 Å². The Kier molecular flexibility index (Phi) is 6.87. The molecule has 0 unspecified atom stereocenters. The van der Waals surface area contributed by atoms with Gasteiger partial charge in [-0.2, -0.15) is 20.0 Å². The maximum absolute atomic E-state index is 11.5. The number of carbonyl (C=O) groups is 1. The number of piperazine rings is 1. The van der Waals surface area contributed by atoms with Crippen LogP contribution in [0, 0.1) is 22.7 Å². The molecule has 1 aromatic carbocycles. The summed E-state index contributed by atoms with van der Waals surface area (Å²) in [4.78, 5) is 24.3. The topological polar surface area (TPSA) is 164 Å². The fraction of sp³-hybridized carbons (Fsp3) is 0.364. The van der Waals surface area contributed by atoms with E-state index in [0.717, 1.165) is 0 Å². The van der Waals surface area contributed by atoms with Crippen LogP contribution in [-0.4, -0.2) is 69.2 Å². The van der Waals surface area contributed by atoms with Crippen molar-refractivity contribution in [2.75, 3.05) is 48.3 Å². The second-order valence-corrected chi connectivity index (χ2v) is 8.38. The molecule has 1 aliphatic rings. The third kappa shape index (κ3) is 4.75. The molecule has 180 valence electrons. The normalized spacial score (nSPS) is 14.8. The lowest BCUT2D eigenvalue weighted by atomic mass is 10.1. The Balaban J connectivity index is 1.66. The molecule has 1 saturated heterocycles. The summed E-state index contributed by atoms with van der Waals surface area (Å²) in [6, 6.07) is 7.23. The highest BCUT2D eigenvalue weighted by molar-refractivity contribution is 6.36. The van der Waals surface area contributed by atoms with E-state index >= 15 is 0 Å². The number of halogens is 1. The van der Waals surface area contributed by atoms with Gasteiger partial charge in [-0.05, 0) is 26.0 Å². The number of benzene rings is 1. The van der Waals surface area contributed by atoms with E-state index in [-0.39, 0.29) is 23.6 Å². The summed E-state index contributed by atoms with van der Waals surface area (Å²) in [5.74, 6) is 0.283. The van der Waals surface area contributed by atoms with Crippen molar-refractivity contribution in [1.82, 2.24) is 24.5 Å². The van der Waals surface area contributed by atoms with Crippen molar-refractivity contribution in [2.45, 2.75) is 19.9 Å². The predicted molar refractivity (Wildman–Crippen MR) is 132 cm³/mol. The van der Waals surface area contributed by atoms with Gasteiger partial charge in [0.1, 0.15) is 6.07 Å². The summed E-state index contributed by atoms with van der Waals surface area (Å²) in [6.45, 7) is 6.78. The highest BCUT2D eigenvalue weighted by Crippen LogP contribution is 2.36. The van der Waals surface area contributed by atoms with E-state index in [0.29, 0.717) is 66.1 Å². The molecule has 1 atom stereocenters. The Hall–Kier alpha value is -4.13. The van der Waals surface area contributed by atoms with Crippen LogP contribution in [0.2, 0.25) is 5.02 Å². The number of nitrogens with one attached hydrogen (secondary N) is 2. The number of anilines is 4. The first-order chi connectivity index (χ1) is 16.9. The summed E-state index contributed by atoms with van der Waals surface area (Å²) in [7, 11) is 0. The summed E-state index contributed by atoms with van der Waals surface area (Å²) in [5, 5.41) is 30.0. The number of imidazole rings is 1. The SMILES string of the molecule is CCNc1nc(Nc2cc(C#N)cc(N3CCN([C@@H](C)C(N)=O)CC3)c2Cl)nn2c(C#N)cnc12. The van der Waals surface area contributed by atoms with E-state index in [1.165, 1.54) is 10.7 Å². The highest BCUT2D eigenvalue weighted by Gasteiger charge is 2.26. The summed E-state index contributed by atoms with van der Waals surface area (Å²) in [5.41, 5.74) is 7.68. The molecule has 13 heteroatoms. The molecule has 0 radical (unpaired) electrons. The molecule has 3 heterocycles. The lowest BCUT2D eigenvalue weighted by Gasteiger charge is -2.38. The van der Waals surface area contributed by atoms with E-state index in [1.54, 1.807) is 19.1 Å². The largest absolute Gasteiger partial charge is 0.368 e. The van der Waals surface area contributed by atoms with Crippen LogP contribution in [0.4, 0.5) is 23.1 Å². The predicted octanol–water partition coefficient (Wildman–Crippen LogP) is 1.69. The fourth-order valence-electron chi connectivity index (χ4n) is 3.94. The van der Waals surface area contributed by atoms with E-state index in [1.807, 2.05) is 11.8 Å². The Morgan fingerprint density at radius 1 is 1.26 bits per heavy atom. The van der Waals surface area contributed by atoms with Gasteiger partial charge in [0.05, 0.1) is 40.3 Å². The van der Waals surface area contributed by atoms with E-state index in [4.69, 9.17) is 17.3 Å². The van der Waals surface area contributed by atoms with Gasteiger partial charge in [-0.3, -0.25) is 9.69 Å². The van der Waals surface area contributed by atoms with Gasteiger partial charge in [0.15, 0.2) is 17.2 Å². The summed E-state index contributed by atoms with van der Waals surface area (Å²) < 4.78 is 1.40. The zero-order valence-electron chi connectivity index (χ0n) is 19.3. The zero-order chi connectivity index (χ0) is 25.1. The Morgan fingerprint density at radius 3 is 2.63 bits per heavy atom. The smallest absolute Gasteiger partial charge is 0.247 e. The molecule has 2 aromatic heterocycles. The van der Waals surface area contributed by atoms with Crippen LogP contribution in [0.1, 0.15) is 25.1 Å².